The molecule has 1 aromatic heterocycles. The summed E-state index contributed by atoms with van der Waals surface area (Å²) in [6.45, 7) is -0.312. The number of alkyl halides is 2. The first-order chi connectivity index (χ1) is 15.1. The van der Waals surface area contributed by atoms with E-state index in [9.17, 15) is 28.7 Å². The molecule has 0 aliphatic carbocycles. The van der Waals surface area contributed by atoms with Crippen molar-refractivity contribution in [3.05, 3.63) is 41.8 Å². The van der Waals surface area contributed by atoms with E-state index in [1.165, 1.54) is 19.1 Å². The molecule has 0 bridgehead atoms. The fraction of sp³-hybridized carbons (Fsp3) is 0.400. The molecule has 1 fully saturated rings. The third-order valence-corrected chi connectivity index (χ3v) is 5.58. The van der Waals surface area contributed by atoms with Gasteiger partial charge in [-0.15, -0.1) is 0 Å². The van der Waals surface area contributed by atoms with Gasteiger partial charge in [0.2, 0.25) is 5.79 Å². The van der Waals surface area contributed by atoms with Gasteiger partial charge < -0.3 is 16.2 Å². The number of carbonyl (C=O) groups is 2. The molecule has 3 rings (SSSR count). The van der Waals surface area contributed by atoms with Gasteiger partial charge in [-0.1, -0.05) is 6.92 Å². The Morgan fingerprint density at radius 2 is 2.09 bits per heavy atom. The van der Waals surface area contributed by atoms with Crippen molar-refractivity contribution < 1.29 is 27.9 Å². The summed E-state index contributed by atoms with van der Waals surface area (Å²) in [4.78, 5) is 24.2. The molecule has 1 aliphatic heterocycles. The summed E-state index contributed by atoms with van der Waals surface area (Å²) in [5, 5.41) is 26.1. The van der Waals surface area contributed by atoms with E-state index in [2.05, 4.69) is 10.4 Å². The number of anilines is 2. The van der Waals surface area contributed by atoms with Crippen molar-refractivity contribution in [2.45, 2.75) is 25.2 Å². The largest absolute Gasteiger partial charge is 0.465 e. The highest BCUT2D eigenvalue weighted by Gasteiger charge is 2.58. The second-order valence-corrected chi connectivity index (χ2v) is 7.55. The van der Waals surface area contributed by atoms with Crippen molar-refractivity contribution >= 4 is 23.5 Å². The van der Waals surface area contributed by atoms with E-state index in [4.69, 9.17) is 5.73 Å². The van der Waals surface area contributed by atoms with Crippen LogP contribution in [0.2, 0.25) is 0 Å². The number of amides is 2. The van der Waals surface area contributed by atoms with E-state index in [-0.39, 0.29) is 24.3 Å². The highest BCUT2D eigenvalue weighted by atomic mass is 19.2. The van der Waals surface area contributed by atoms with E-state index in [0.29, 0.717) is 10.6 Å². The number of hydrogen-bond donors (Lipinski definition) is 3. The number of likely N-dealkylation sites (tertiary alicyclic amines) is 1. The molecule has 2 amide bonds. The number of nitrogens with zero attached hydrogens (tertiary/aromatic N) is 4. The van der Waals surface area contributed by atoms with Crippen LogP contribution in [0.1, 0.15) is 29.7 Å². The standard InChI is InChI=1S/C20H21F3N6O3/c1-11(8-21)20(23)16(12(9-24)6-7-28(20)19(31)32)29-10-15(17(25)30)18(27-29)26-14-4-2-13(22)3-5-14/h2-5,10-12,16H,6-8H2,1H3,(H2,25,30)(H,26,27)(H,31,32)/t11?,12-,16-,20?/m1/s1. The smallest absolute Gasteiger partial charge is 0.409 e. The molecule has 0 radical (unpaired) electrons. The number of carbonyl (C=O) groups excluding carboxylic acids is 1. The first kappa shape index (κ1) is 22.9. The van der Waals surface area contributed by atoms with Crippen molar-refractivity contribution in [2.24, 2.45) is 17.6 Å². The van der Waals surface area contributed by atoms with Gasteiger partial charge in [-0.3, -0.25) is 18.8 Å². The van der Waals surface area contributed by atoms with Gasteiger partial charge in [0.05, 0.1) is 18.7 Å². The van der Waals surface area contributed by atoms with Gasteiger partial charge >= 0.3 is 6.09 Å². The van der Waals surface area contributed by atoms with Crippen LogP contribution >= 0.6 is 0 Å². The molecular weight excluding hydrogens is 429 g/mol. The molecule has 9 nitrogen and oxygen atoms in total. The number of hydrogen-bond acceptors (Lipinski definition) is 5. The number of rotatable bonds is 6. The second-order valence-electron chi connectivity index (χ2n) is 7.55. The minimum atomic E-state index is -2.83. The van der Waals surface area contributed by atoms with Crippen LogP contribution < -0.4 is 11.1 Å². The molecular formula is C20H21F3N6O3. The molecule has 4 atom stereocenters. The van der Waals surface area contributed by atoms with Crippen LogP contribution in [-0.2, 0) is 0 Å². The Morgan fingerprint density at radius 1 is 1.44 bits per heavy atom. The normalized spacial score (nSPS) is 23.9. The van der Waals surface area contributed by atoms with Crippen molar-refractivity contribution in [3.8, 4) is 6.07 Å². The van der Waals surface area contributed by atoms with Gasteiger partial charge in [-0.25, -0.2) is 13.6 Å². The molecule has 2 heterocycles. The van der Waals surface area contributed by atoms with Crippen LogP contribution in [0, 0.1) is 29.0 Å². The lowest BCUT2D eigenvalue weighted by atomic mass is 9.79. The number of nitrogens with one attached hydrogen (secondary N) is 1. The number of nitriles is 1. The molecule has 2 aromatic rings. The van der Waals surface area contributed by atoms with Crippen molar-refractivity contribution in [3.63, 3.8) is 0 Å². The molecule has 2 unspecified atom stereocenters. The van der Waals surface area contributed by atoms with Gasteiger partial charge in [0.25, 0.3) is 5.91 Å². The lowest BCUT2D eigenvalue weighted by Crippen LogP contribution is -2.62. The molecule has 4 N–H and O–H groups in total. The van der Waals surface area contributed by atoms with Gasteiger partial charge in [0.15, 0.2) is 5.82 Å². The minimum absolute atomic E-state index is 0.0232. The zero-order valence-corrected chi connectivity index (χ0v) is 17.0. The van der Waals surface area contributed by atoms with Gasteiger partial charge in [-0.05, 0) is 30.7 Å². The number of primary amides is 1. The maximum absolute atomic E-state index is 16.4. The topological polar surface area (TPSA) is 137 Å². The Morgan fingerprint density at radius 3 is 2.62 bits per heavy atom. The van der Waals surface area contributed by atoms with Gasteiger partial charge in [0.1, 0.15) is 17.4 Å². The Hall–Kier alpha value is -3.75. The van der Waals surface area contributed by atoms with Crippen molar-refractivity contribution in [2.75, 3.05) is 18.5 Å². The first-order valence-electron chi connectivity index (χ1n) is 9.70. The van der Waals surface area contributed by atoms with Crippen LogP contribution in [0.4, 0.5) is 29.5 Å². The third-order valence-electron chi connectivity index (χ3n) is 5.58. The average molecular weight is 450 g/mol. The first-order valence-corrected chi connectivity index (χ1v) is 9.70. The van der Waals surface area contributed by atoms with Crippen LogP contribution in [0.15, 0.2) is 30.5 Å². The number of carboxylic acid groups (broad SMARTS) is 1. The Balaban J connectivity index is 2.13. The number of halogens is 3. The Bertz CT molecular complexity index is 1050. The van der Waals surface area contributed by atoms with Crippen LogP contribution in [-0.4, -0.2) is 50.8 Å². The van der Waals surface area contributed by atoms with Crippen LogP contribution in [0.3, 0.4) is 0 Å². The summed E-state index contributed by atoms with van der Waals surface area (Å²) < 4.78 is 44.1. The molecule has 1 aromatic carbocycles. The lowest BCUT2D eigenvalue weighted by molar-refractivity contribution is -0.138. The number of aromatic nitrogens is 2. The predicted octanol–water partition coefficient (Wildman–Crippen LogP) is 3.20. The summed E-state index contributed by atoms with van der Waals surface area (Å²) in [6, 6.07) is 5.45. The number of benzene rings is 1. The summed E-state index contributed by atoms with van der Waals surface area (Å²) in [7, 11) is 0. The fourth-order valence-corrected chi connectivity index (χ4v) is 3.93. The van der Waals surface area contributed by atoms with E-state index in [1.807, 2.05) is 6.07 Å². The zero-order chi connectivity index (χ0) is 23.6. The van der Waals surface area contributed by atoms with E-state index >= 15 is 4.39 Å². The number of piperidine rings is 1. The van der Waals surface area contributed by atoms with Crippen LogP contribution in [0.25, 0.3) is 0 Å². The second kappa shape index (κ2) is 8.78. The summed E-state index contributed by atoms with van der Waals surface area (Å²) >= 11 is 0. The van der Waals surface area contributed by atoms with Crippen LogP contribution in [0.5, 0.6) is 0 Å². The van der Waals surface area contributed by atoms with E-state index < -0.39 is 48.2 Å². The highest BCUT2D eigenvalue weighted by molar-refractivity contribution is 5.98. The molecule has 0 saturated carbocycles. The predicted molar refractivity (Wildman–Crippen MR) is 107 cm³/mol. The maximum Gasteiger partial charge on any atom is 0.409 e. The molecule has 0 spiro atoms. The SMILES string of the molecule is CC(CF)C1(F)[C@H](n2cc(C(N)=O)c(Nc3ccc(F)cc3)n2)[C@@H](C#N)CCN1C(=O)O. The average Bonchev–Trinajstić information content (AvgIpc) is 3.17. The minimum Gasteiger partial charge on any atom is -0.465 e. The molecule has 1 aliphatic rings. The Kier molecular flexibility index (Phi) is 6.29. The van der Waals surface area contributed by atoms with E-state index in [0.717, 1.165) is 23.0 Å². The summed E-state index contributed by atoms with van der Waals surface area (Å²) in [6.07, 6.45) is -0.542. The van der Waals surface area contributed by atoms with Crippen molar-refractivity contribution in [1.82, 2.24) is 14.7 Å². The Labute approximate surface area is 181 Å². The summed E-state index contributed by atoms with van der Waals surface area (Å²) in [5.74, 6) is -6.86. The molecule has 1 saturated heterocycles. The lowest BCUT2D eigenvalue weighted by Gasteiger charge is -2.49. The van der Waals surface area contributed by atoms with Gasteiger partial charge in [-0.2, -0.15) is 10.4 Å². The third kappa shape index (κ3) is 3.93. The summed E-state index contributed by atoms with van der Waals surface area (Å²) in [5.41, 5.74) is 5.59. The van der Waals surface area contributed by atoms with E-state index in [1.54, 1.807) is 0 Å². The number of nitrogens with two attached hydrogens (primary N) is 1. The molecule has 32 heavy (non-hydrogen) atoms. The molecule has 170 valence electrons. The maximum atomic E-state index is 16.4. The van der Waals surface area contributed by atoms with Crippen molar-refractivity contribution in [1.29, 1.82) is 5.26 Å². The monoisotopic (exact) mass is 450 g/mol. The zero-order valence-electron chi connectivity index (χ0n) is 17.0. The fourth-order valence-electron chi connectivity index (χ4n) is 3.93. The quantitative estimate of drug-likeness (QED) is 0.578. The highest BCUT2D eigenvalue weighted by Crippen LogP contribution is 2.47. The van der Waals surface area contributed by atoms with Gasteiger partial charge in [0, 0.05) is 24.3 Å². The molecule has 12 heteroatoms.